The van der Waals surface area contributed by atoms with Crippen LogP contribution >= 0.6 is 11.6 Å². The van der Waals surface area contributed by atoms with E-state index < -0.39 is 5.82 Å². The average molecular weight is 208 g/mol. The van der Waals surface area contributed by atoms with Crippen molar-refractivity contribution in [2.45, 2.75) is 0 Å². The second-order valence-electron chi connectivity index (χ2n) is 2.62. The molecule has 2 nitrogen and oxygen atoms in total. The number of pyridine rings is 2. The Morgan fingerprint density at radius 2 is 2.14 bits per heavy atom. The highest BCUT2D eigenvalue weighted by molar-refractivity contribution is 6.33. The van der Waals surface area contributed by atoms with Crippen molar-refractivity contribution in [3.8, 4) is 11.3 Å². The number of hydrogen-bond donors (Lipinski definition) is 0. The molecule has 0 fully saturated rings. The summed E-state index contributed by atoms with van der Waals surface area (Å²) in [5, 5.41) is 0.408. The zero-order valence-corrected chi connectivity index (χ0v) is 7.79. The van der Waals surface area contributed by atoms with E-state index in [-0.39, 0.29) is 0 Å². The molecule has 0 aliphatic rings. The monoisotopic (exact) mass is 207 g/mol. The van der Waals surface area contributed by atoms with Gasteiger partial charge in [-0.3, -0.25) is 9.97 Å². The smallest absolute Gasteiger partial charge is 0.160 e. The van der Waals surface area contributed by atoms with Crippen LogP contribution in [-0.4, -0.2) is 9.97 Å². The van der Waals surface area contributed by atoms with Crippen molar-refractivity contribution >= 4 is 11.6 Å². The number of halogens is 2. The zero-order valence-electron chi connectivity index (χ0n) is 7.04. The zero-order chi connectivity index (χ0) is 9.97. The van der Waals surface area contributed by atoms with E-state index in [0.717, 1.165) is 0 Å². The Bertz CT molecular complexity index is 416. The molecule has 0 aromatic carbocycles. The third-order valence-electron chi connectivity index (χ3n) is 1.73. The minimum Gasteiger partial charge on any atom is -0.255 e. The summed E-state index contributed by atoms with van der Waals surface area (Å²) in [7, 11) is 0. The maximum Gasteiger partial charge on any atom is 0.160 e. The first-order valence-corrected chi connectivity index (χ1v) is 4.30. The molecular weight excluding hydrogens is 203 g/mol. The van der Waals surface area contributed by atoms with Crippen LogP contribution in [0.5, 0.6) is 0 Å². The van der Waals surface area contributed by atoms with E-state index in [1.54, 1.807) is 18.3 Å². The molecule has 4 heteroatoms. The van der Waals surface area contributed by atoms with E-state index in [2.05, 4.69) is 16.2 Å². The third kappa shape index (κ3) is 1.59. The van der Waals surface area contributed by atoms with E-state index >= 15 is 0 Å². The molecule has 0 N–H and O–H groups in total. The van der Waals surface area contributed by atoms with E-state index in [9.17, 15) is 4.39 Å². The summed E-state index contributed by atoms with van der Waals surface area (Å²) in [4.78, 5) is 7.52. The molecule has 0 saturated heterocycles. The van der Waals surface area contributed by atoms with Crippen LogP contribution in [0.1, 0.15) is 0 Å². The van der Waals surface area contributed by atoms with Crippen LogP contribution in [0.3, 0.4) is 0 Å². The first kappa shape index (κ1) is 9.09. The summed E-state index contributed by atoms with van der Waals surface area (Å²) in [6, 6.07) is 4.86. The van der Waals surface area contributed by atoms with Crippen molar-refractivity contribution < 1.29 is 4.39 Å². The lowest BCUT2D eigenvalue weighted by Gasteiger charge is -2.02. The van der Waals surface area contributed by atoms with Crippen LogP contribution in [0.25, 0.3) is 11.3 Å². The fourth-order valence-electron chi connectivity index (χ4n) is 1.11. The molecule has 0 aliphatic heterocycles. The van der Waals surface area contributed by atoms with Gasteiger partial charge in [0.25, 0.3) is 0 Å². The molecule has 0 spiro atoms. The van der Waals surface area contributed by atoms with Crippen LogP contribution in [0.2, 0.25) is 5.02 Å². The van der Waals surface area contributed by atoms with Gasteiger partial charge in [0.05, 0.1) is 10.7 Å². The Kier molecular flexibility index (Phi) is 2.41. The Morgan fingerprint density at radius 1 is 1.29 bits per heavy atom. The van der Waals surface area contributed by atoms with Crippen molar-refractivity contribution in [2.24, 2.45) is 0 Å². The van der Waals surface area contributed by atoms with E-state index in [0.29, 0.717) is 16.3 Å². The summed E-state index contributed by atoms with van der Waals surface area (Å²) < 4.78 is 13.2. The Morgan fingerprint density at radius 3 is 2.86 bits per heavy atom. The van der Waals surface area contributed by atoms with Gasteiger partial charge in [0.2, 0.25) is 0 Å². The van der Waals surface area contributed by atoms with Gasteiger partial charge in [-0.2, -0.15) is 0 Å². The molecule has 2 heterocycles. The summed E-state index contributed by atoms with van der Waals surface area (Å²) in [6.45, 7) is 0. The first-order valence-electron chi connectivity index (χ1n) is 3.92. The van der Waals surface area contributed by atoms with Gasteiger partial charge in [-0.05, 0) is 18.2 Å². The molecular formula is C10H5ClFN2. The molecule has 0 aliphatic carbocycles. The second kappa shape index (κ2) is 3.72. The number of nitrogens with zero attached hydrogens (tertiary/aromatic N) is 2. The maximum absolute atomic E-state index is 13.2. The van der Waals surface area contributed by atoms with Crippen molar-refractivity contribution in [1.29, 1.82) is 0 Å². The number of rotatable bonds is 1. The van der Waals surface area contributed by atoms with Gasteiger partial charge in [-0.15, -0.1) is 0 Å². The Balaban J connectivity index is 2.61. The lowest BCUT2D eigenvalue weighted by molar-refractivity contribution is 0.621. The fourth-order valence-corrected chi connectivity index (χ4v) is 1.33. The van der Waals surface area contributed by atoms with Crippen molar-refractivity contribution in [3.63, 3.8) is 0 Å². The quantitative estimate of drug-likeness (QED) is 0.719. The molecule has 0 amide bonds. The lowest BCUT2D eigenvalue weighted by Crippen LogP contribution is -1.89. The van der Waals surface area contributed by atoms with Crippen LogP contribution in [0.4, 0.5) is 4.39 Å². The van der Waals surface area contributed by atoms with Crippen molar-refractivity contribution in [2.75, 3.05) is 0 Å². The molecule has 0 saturated carbocycles. The maximum atomic E-state index is 13.2. The van der Waals surface area contributed by atoms with Gasteiger partial charge in [0.1, 0.15) is 6.20 Å². The SMILES string of the molecule is Fc1[c]nccc1-c1ncccc1Cl. The minimum atomic E-state index is -0.548. The molecule has 0 bridgehead atoms. The largest absolute Gasteiger partial charge is 0.255 e. The summed E-state index contributed by atoms with van der Waals surface area (Å²) in [5.41, 5.74) is 0.718. The van der Waals surface area contributed by atoms with Crippen molar-refractivity contribution in [1.82, 2.24) is 9.97 Å². The highest BCUT2D eigenvalue weighted by atomic mass is 35.5. The van der Waals surface area contributed by atoms with Crippen LogP contribution in [0.15, 0.2) is 30.6 Å². The van der Waals surface area contributed by atoms with Crippen LogP contribution < -0.4 is 0 Å². The average Bonchev–Trinajstić information content (AvgIpc) is 2.20. The molecule has 0 unspecified atom stereocenters. The minimum absolute atomic E-state index is 0.311. The molecule has 14 heavy (non-hydrogen) atoms. The third-order valence-corrected chi connectivity index (χ3v) is 2.03. The predicted molar refractivity (Wildman–Crippen MR) is 51.3 cm³/mol. The van der Waals surface area contributed by atoms with Gasteiger partial charge in [0, 0.05) is 18.0 Å². The summed E-state index contributed by atoms with van der Waals surface area (Å²) in [5.74, 6) is -0.548. The van der Waals surface area contributed by atoms with Gasteiger partial charge < -0.3 is 0 Å². The molecule has 2 aromatic rings. The normalized spacial score (nSPS) is 10.1. The van der Waals surface area contributed by atoms with Crippen molar-refractivity contribution in [3.05, 3.63) is 47.6 Å². The standard InChI is InChI=1S/C10H5ClFN2/c11-8-2-1-4-14-10(8)7-3-5-13-6-9(7)12/h1-5H. The Hall–Kier alpha value is -1.48. The highest BCUT2D eigenvalue weighted by Gasteiger charge is 2.09. The molecule has 0 atom stereocenters. The molecule has 2 rings (SSSR count). The second-order valence-corrected chi connectivity index (χ2v) is 3.03. The van der Waals surface area contributed by atoms with Gasteiger partial charge in [-0.25, -0.2) is 4.39 Å². The molecule has 1 radical (unpaired) electrons. The lowest BCUT2D eigenvalue weighted by atomic mass is 10.2. The summed E-state index contributed by atoms with van der Waals surface area (Å²) in [6.07, 6.45) is 5.21. The number of aromatic nitrogens is 2. The molecule has 2 aromatic heterocycles. The molecule has 69 valence electrons. The van der Waals surface area contributed by atoms with E-state index in [4.69, 9.17) is 11.6 Å². The van der Waals surface area contributed by atoms with E-state index in [1.165, 1.54) is 12.3 Å². The van der Waals surface area contributed by atoms with Gasteiger partial charge >= 0.3 is 0 Å². The van der Waals surface area contributed by atoms with Crippen LogP contribution in [0, 0.1) is 12.0 Å². The summed E-state index contributed by atoms with van der Waals surface area (Å²) >= 11 is 5.87. The first-order chi connectivity index (χ1) is 6.79. The predicted octanol–water partition coefficient (Wildman–Crippen LogP) is 2.74. The van der Waals surface area contributed by atoms with Gasteiger partial charge in [0.15, 0.2) is 5.82 Å². The number of hydrogen-bond acceptors (Lipinski definition) is 2. The topological polar surface area (TPSA) is 25.8 Å². The van der Waals surface area contributed by atoms with Gasteiger partial charge in [-0.1, -0.05) is 11.6 Å². The van der Waals surface area contributed by atoms with Crippen LogP contribution in [-0.2, 0) is 0 Å². The highest BCUT2D eigenvalue weighted by Crippen LogP contribution is 2.26. The van der Waals surface area contributed by atoms with E-state index in [1.807, 2.05) is 0 Å². The Labute approximate surface area is 85.4 Å². The fraction of sp³-hybridized carbons (Fsp3) is 0.